The molecule has 1 heterocycles. The SMILES string of the molecule is CCc1ccc(OCC[C@H]2CCCCN2)c(Cl)c1. The number of ether oxygens (including phenoxy) is 1. The molecule has 1 N–H and O–H groups in total. The van der Waals surface area contributed by atoms with Crippen molar-refractivity contribution in [2.45, 2.75) is 45.1 Å². The number of piperidine rings is 1. The molecule has 2 rings (SSSR count). The highest BCUT2D eigenvalue weighted by molar-refractivity contribution is 6.32. The van der Waals surface area contributed by atoms with Crippen LogP contribution in [-0.4, -0.2) is 19.2 Å². The first-order valence-electron chi connectivity index (χ1n) is 6.94. The van der Waals surface area contributed by atoms with Crippen LogP contribution in [0.25, 0.3) is 0 Å². The first kappa shape index (κ1) is 13.7. The Labute approximate surface area is 115 Å². The van der Waals surface area contributed by atoms with Crippen LogP contribution in [0, 0.1) is 0 Å². The van der Waals surface area contributed by atoms with Crippen molar-refractivity contribution < 1.29 is 4.74 Å². The predicted octanol–water partition coefficient (Wildman–Crippen LogP) is 3.81. The molecule has 0 spiro atoms. The second-order valence-corrected chi connectivity index (χ2v) is 5.31. The smallest absolute Gasteiger partial charge is 0.137 e. The van der Waals surface area contributed by atoms with Gasteiger partial charge in [0, 0.05) is 6.04 Å². The van der Waals surface area contributed by atoms with Crippen LogP contribution < -0.4 is 10.1 Å². The van der Waals surface area contributed by atoms with E-state index in [-0.39, 0.29) is 0 Å². The quantitative estimate of drug-likeness (QED) is 0.876. The van der Waals surface area contributed by atoms with Gasteiger partial charge in [0.1, 0.15) is 5.75 Å². The summed E-state index contributed by atoms with van der Waals surface area (Å²) in [6.07, 6.45) is 5.98. The predicted molar refractivity (Wildman–Crippen MR) is 76.6 cm³/mol. The molecular weight excluding hydrogens is 246 g/mol. The number of hydrogen-bond donors (Lipinski definition) is 1. The lowest BCUT2D eigenvalue weighted by Gasteiger charge is -2.23. The third-order valence-electron chi connectivity index (χ3n) is 3.54. The summed E-state index contributed by atoms with van der Waals surface area (Å²) in [5.74, 6) is 0.810. The molecule has 0 unspecified atom stereocenters. The highest BCUT2D eigenvalue weighted by atomic mass is 35.5. The standard InChI is InChI=1S/C15H22ClNO/c1-2-12-6-7-15(14(16)11-12)18-10-8-13-5-3-4-9-17-13/h6-7,11,13,17H,2-5,8-10H2,1H3/t13-/m1/s1. The number of nitrogens with one attached hydrogen (secondary N) is 1. The van der Waals surface area contributed by atoms with Crippen molar-refractivity contribution in [3.05, 3.63) is 28.8 Å². The molecule has 1 fully saturated rings. The van der Waals surface area contributed by atoms with Crippen molar-refractivity contribution in [3.63, 3.8) is 0 Å². The van der Waals surface area contributed by atoms with Crippen molar-refractivity contribution >= 4 is 11.6 Å². The largest absolute Gasteiger partial charge is 0.492 e. The first-order valence-corrected chi connectivity index (χ1v) is 7.32. The van der Waals surface area contributed by atoms with Crippen LogP contribution in [0.3, 0.4) is 0 Å². The minimum absolute atomic E-state index is 0.618. The Morgan fingerprint density at radius 2 is 2.28 bits per heavy atom. The number of hydrogen-bond acceptors (Lipinski definition) is 2. The molecular formula is C15H22ClNO. The van der Waals surface area contributed by atoms with E-state index >= 15 is 0 Å². The van der Waals surface area contributed by atoms with Crippen molar-refractivity contribution in [2.75, 3.05) is 13.2 Å². The van der Waals surface area contributed by atoms with E-state index < -0.39 is 0 Å². The van der Waals surface area contributed by atoms with E-state index in [4.69, 9.17) is 16.3 Å². The van der Waals surface area contributed by atoms with E-state index in [0.29, 0.717) is 6.04 Å². The molecule has 0 aliphatic carbocycles. The minimum atomic E-state index is 0.618. The summed E-state index contributed by atoms with van der Waals surface area (Å²) in [4.78, 5) is 0. The van der Waals surface area contributed by atoms with E-state index in [0.717, 1.165) is 36.8 Å². The molecule has 0 radical (unpaired) electrons. The summed E-state index contributed by atoms with van der Waals surface area (Å²) in [5.41, 5.74) is 1.25. The van der Waals surface area contributed by atoms with Crippen LogP contribution in [0.1, 0.15) is 38.2 Å². The lowest BCUT2D eigenvalue weighted by Crippen LogP contribution is -2.35. The summed E-state index contributed by atoms with van der Waals surface area (Å²) in [6, 6.07) is 6.68. The van der Waals surface area contributed by atoms with Gasteiger partial charge < -0.3 is 10.1 Å². The van der Waals surface area contributed by atoms with Gasteiger partial charge in [0.2, 0.25) is 0 Å². The lowest BCUT2D eigenvalue weighted by atomic mass is 10.0. The zero-order valence-corrected chi connectivity index (χ0v) is 11.8. The maximum Gasteiger partial charge on any atom is 0.137 e. The molecule has 100 valence electrons. The van der Waals surface area contributed by atoms with Gasteiger partial charge in [-0.1, -0.05) is 31.0 Å². The van der Waals surface area contributed by atoms with Gasteiger partial charge in [0.15, 0.2) is 0 Å². The Bertz CT molecular complexity index is 375. The molecule has 2 nitrogen and oxygen atoms in total. The number of rotatable bonds is 5. The summed E-state index contributed by atoms with van der Waals surface area (Å²) in [5, 5.41) is 4.25. The Kier molecular flexibility index (Phi) is 5.33. The second kappa shape index (κ2) is 7.01. The maximum atomic E-state index is 6.19. The molecule has 0 bridgehead atoms. The Hall–Kier alpha value is -0.730. The zero-order valence-electron chi connectivity index (χ0n) is 11.0. The molecule has 0 aromatic heterocycles. The molecule has 3 heteroatoms. The molecule has 0 saturated carbocycles. The van der Waals surface area contributed by atoms with Gasteiger partial charge in [-0.25, -0.2) is 0 Å². The summed E-state index contributed by atoms with van der Waals surface area (Å²) in [7, 11) is 0. The van der Waals surface area contributed by atoms with E-state index in [2.05, 4.69) is 18.3 Å². The fraction of sp³-hybridized carbons (Fsp3) is 0.600. The van der Waals surface area contributed by atoms with Crippen LogP contribution in [-0.2, 0) is 6.42 Å². The average molecular weight is 268 g/mol. The zero-order chi connectivity index (χ0) is 12.8. The normalized spacial score (nSPS) is 19.8. The van der Waals surface area contributed by atoms with Gasteiger partial charge in [-0.3, -0.25) is 0 Å². The molecule has 1 atom stereocenters. The number of aryl methyl sites for hydroxylation is 1. The molecule has 1 aromatic rings. The summed E-state index contributed by atoms with van der Waals surface area (Å²) in [6.45, 7) is 4.01. The number of halogens is 1. The van der Waals surface area contributed by atoms with Crippen molar-refractivity contribution in [1.29, 1.82) is 0 Å². The van der Waals surface area contributed by atoms with E-state index in [9.17, 15) is 0 Å². The Morgan fingerprint density at radius 3 is 2.94 bits per heavy atom. The number of benzene rings is 1. The van der Waals surface area contributed by atoms with Gasteiger partial charge in [0.05, 0.1) is 11.6 Å². The lowest BCUT2D eigenvalue weighted by molar-refractivity contribution is 0.268. The van der Waals surface area contributed by atoms with Gasteiger partial charge in [-0.05, 0) is 49.9 Å². The summed E-state index contributed by atoms with van der Waals surface area (Å²) < 4.78 is 5.77. The van der Waals surface area contributed by atoms with Gasteiger partial charge in [0.25, 0.3) is 0 Å². The van der Waals surface area contributed by atoms with Crippen LogP contribution in [0.15, 0.2) is 18.2 Å². The molecule has 1 aromatic carbocycles. The monoisotopic (exact) mass is 267 g/mol. The van der Waals surface area contributed by atoms with Gasteiger partial charge in [-0.15, -0.1) is 0 Å². The fourth-order valence-corrected chi connectivity index (χ4v) is 2.62. The van der Waals surface area contributed by atoms with E-state index in [1.165, 1.54) is 24.8 Å². The van der Waals surface area contributed by atoms with Crippen molar-refractivity contribution in [2.24, 2.45) is 0 Å². The second-order valence-electron chi connectivity index (χ2n) is 4.90. The highest BCUT2D eigenvalue weighted by Gasteiger charge is 2.12. The summed E-state index contributed by atoms with van der Waals surface area (Å²) >= 11 is 6.19. The van der Waals surface area contributed by atoms with Crippen LogP contribution in [0.2, 0.25) is 5.02 Å². The molecule has 1 aliphatic heterocycles. The fourth-order valence-electron chi connectivity index (χ4n) is 2.36. The Balaban J connectivity index is 1.79. The van der Waals surface area contributed by atoms with E-state index in [1.807, 2.05) is 12.1 Å². The molecule has 0 amide bonds. The Morgan fingerprint density at radius 1 is 1.39 bits per heavy atom. The van der Waals surface area contributed by atoms with E-state index in [1.54, 1.807) is 0 Å². The highest BCUT2D eigenvalue weighted by Crippen LogP contribution is 2.26. The van der Waals surface area contributed by atoms with Crippen LogP contribution >= 0.6 is 11.6 Å². The van der Waals surface area contributed by atoms with Gasteiger partial charge >= 0.3 is 0 Å². The molecule has 1 saturated heterocycles. The first-order chi connectivity index (χ1) is 8.79. The van der Waals surface area contributed by atoms with Crippen LogP contribution in [0.4, 0.5) is 0 Å². The average Bonchev–Trinajstić information content (AvgIpc) is 2.42. The van der Waals surface area contributed by atoms with Crippen molar-refractivity contribution in [1.82, 2.24) is 5.32 Å². The molecule has 1 aliphatic rings. The van der Waals surface area contributed by atoms with Crippen LogP contribution in [0.5, 0.6) is 5.75 Å². The minimum Gasteiger partial charge on any atom is -0.492 e. The third-order valence-corrected chi connectivity index (χ3v) is 3.84. The maximum absolute atomic E-state index is 6.19. The van der Waals surface area contributed by atoms with Crippen molar-refractivity contribution in [3.8, 4) is 5.75 Å². The van der Waals surface area contributed by atoms with Gasteiger partial charge in [-0.2, -0.15) is 0 Å². The topological polar surface area (TPSA) is 21.3 Å². The third kappa shape index (κ3) is 3.89. The molecule has 18 heavy (non-hydrogen) atoms.